The van der Waals surface area contributed by atoms with Crippen molar-refractivity contribution in [2.45, 2.75) is 37.8 Å². The number of likely N-dealkylation sites (N-methyl/N-ethyl adjacent to an activating group) is 1. The Balaban J connectivity index is 1.17. The lowest BCUT2D eigenvalue weighted by atomic mass is 9.86. The molecule has 1 aliphatic carbocycles. The molecular formula is C24H25N7OS. The minimum Gasteiger partial charge on any atom is -0.340 e. The summed E-state index contributed by atoms with van der Waals surface area (Å²) < 4.78 is 0. The van der Waals surface area contributed by atoms with Crippen molar-refractivity contribution in [1.82, 2.24) is 30.0 Å². The largest absolute Gasteiger partial charge is 0.340 e. The van der Waals surface area contributed by atoms with E-state index in [4.69, 9.17) is 0 Å². The fourth-order valence-corrected chi connectivity index (χ4v) is 7.21. The van der Waals surface area contributed by atoms with E-state index in [1.165, 1.54) is 10.4 Å². The number of aromatic nitrogens is 4. The minimum atomic E-state index is 0.0862. The molecule has 168 valence electrons. The Morgan fingerprint density at radius 1 is 1.24 bits per heavy atom. The van der Waals surface area contributed by atoms with Gasteiger partial charge in [0.1, 0.15) is 17.0 Å². The lowest BCUT2D eigenvalue weighted by Gasteiger charge is -2.35. The highest BCUT2D eigenvalue weighted by molar-refractivity contribution is 7.19. The Morgan fingerprint density at radius 3 is 3.03 bits per heavy atom. The van der Waals surface area contributed by atoms with E-state index in [0.717, 1.165) is 71.4 Å². The monoisotopic (exact) mass is 459 g/mol. The van der Waals surface area contributed by atoms with Gasteiger partial charge in [-0.15, -0.1) is 11.3 Å². The number of amides is 1. The Morgan fingerprint density at radius 2 is 2.18 bits per heavy atom. The summed E-state index contributed by atoms with van der Waals surface area (Å²) in [6.45, 7) is 1.92. The average Bonchev–Trinajstić information content (AvgIpc) is 3.59. The number of aryl methyl sites for hydroxylation is 1. The number of anilines is 2. The lowest BCUT2D eigenvalue weighted by Crippen LogP contribution is -2.49. The zero-order valence-corrected chi connectivity index (χ0v) is 19.2. The first-order valence-electron chi connectivity index (χ1n) is 11.6. The molecule has 2 N–H and O–H groups in total. The highest BCUT2D eigenvalue weighted by Crippen LogP contribution is 2.42. The van der Waals surface area contributed by atoms with Crippen molar-refractivity contribution in [3.63, 3.8) is 0 Å². The van der Waals surface area contributed by atoms with Gasteiger partial charge in [-0.3, -0.25) is 14.8 Å². The van der Waals surface area contributed by atoms with Crippen LogP contribution in [-0.2, 0) is 17.6 Å². The van der Waals surface area contributed by atoms with Crippen molar-refractivity contribution in [1.29, 1.82) is 0 Å². The quantitative estimate of drug-likeness (QED) is 0.489. The van der Waals surface area contributed by atoms with Crippen LogP contribution in [0.15, 0.2) is 30.7 Å². The van der Waals surface area contributed by atoms with Crippen LogP contribution in [0.3, 0.4) is 0 Å². The van der Waals surface area contributed by atoms with Crippen LogP contribution < -0.4 is 5.32 Å². The molecule has 2 bridgehead atoms. The third-order valence-electron chi connectivity index (χ3n) is 7.70. The van der Waals surface area contributed by atoms with Crippen LogP contribution in [0.1, 0.15) is 23.3 Å². The van der Waals surface area contributed by atoms with Crippen molar-refractivity contribution in [3.05, 3.63) is 41.2 Å². The van der Waals surface area contributed by atoms with E-state index in [1.54, 1.807) is 17.7 Å². The molecule has 2 saturated heterocycles. The maximum atomic E-state index is 13.4. The second kappa shape index (κ2) is 7.23. The molecule has 9 heteroatoms. The number of rotatable bonds is 3. The van der Waals surface area contributed by atoms with Gasteiger partial charge >= 0.3 is 0 Å². The normalized spacial score (nSPS) is 24.6. The number of likely N-dealkylation sites (tertiary alicyclic amines) is 2. The Hall–Kier alpha value is -3.04. The van der Waals surface area contributed by atoms with Crippen molar-refractivity contribution in [2.24, 2.45) is 5.92 Å². The Bertz CT molecular complexity index is 1390. The van der Waals surface area contributed by atoms with Gasteiger partial charge in [-0.1, -0.05) is 0 Å². The number of aromatic amines is 1. The smallest absolute Gasteiger partial charge is 0.226 e. The average molecular weight is 460 g/mol. The molecule has 8 nitrogen and oxygen atoms in total. The first-order chi connectivity index (χ1) is 16.1. The van der Waals surface area contributed by atoms with Crippen molar-refractivity contribution >= 4 is 49.9 Å². The molecule has 1 amide bonds. The summed E-state index contributed by atoms with van der Waals surface area (Å²) in [5.41, 5.74) is 3.30. The highest BCUT2D eigenvalue weighted by atomic mass is 32.1. The molecule has 0 radical (unpaired) electrons. The summed E-state index contributed by atoms with van der Waals surface area (Å²) in [6, 6.07) is 7.08. The van der Waals surface area contributed by atoms with E-state index in [2.05, 4.69) is 48.4 Å². The molecule has 0 spiro atoms. The Labute approximate surface area is 195 Å². The second-order valence-corrected chi connectivity index (χ2v) is 10.7. The molecule has 2 aliphatic heterocycles. The molecule has 3 unspecified atom stereocenters. The van der Waals surface area contributed by atoms with E-state index in [1.807, 2.05) is 18.3 Å². The Kier molecular flexibility index (Phi) is 4.26. The predicted octanol–water partition coefficient (Wildman–Crippen LogP) is 3.33. The first kappa shape index (κ1) is 19.4. The number of fused-ring (bicyclic) bond motifs is 6. The molecule has 0 saturated carbocycles. The molecular weight excluding hydrogens is 434 g/mol. The molecule has 7 rings (SSSR count). The molecule has 5 heterocycles. The summed E-state index contributed by atoms with van der Waals surface area (Å²) in [5, 5.41) is 12.8. The van der Waals surface area contributed by atoms with Gasteiger partial charge in [0.2, 0.25) is 5.91 Å². The van der Waals surface area contributed by atoms with Crippen LogP contribution in [-0.4, -0.2) is 68.1 Å². The van der Waals surface area contributed by atoms with Gasteiger partial charge < -0.3 is 10.2 Å². The van der Waals surface area contributed by atoms with Crippen molar-refractivity contribution in [3.8, 4) is 0 Å². The van der Waals surface area contributed by atoms with Gasteiger partial charge in [-0.25, -0.2) is 9.97 Å². The number of nitrogens with one attached hydrogen (secondary N) is 2. The van der Waals surface area contributed by atoms with Crippen molar-refractivity contribution in [2.75, 3.05) is 25.5 Å². The molecule has 3 aromatic heterocycles. The summed E-state index contributed by atoms with van der Waals surface area (Å²) in [4.78, 5) is 29.4. The number of thiophene rings is 1. The SMILES string of the molecule is CN1CC2CC1CN2C(=O)C1CCc2c(sc3ncnc(Nc4ccc5[nH]ncc5c4)c23)C1. The van der Waals surface area contributed by atoms with E-state index in [-0.39, 0.29) is 5.92 Å². The number of hydrogen-bond donors (Lipinski definition) is 2. The maximum absolute atomic E-state index is 13.4. The summed E-state index contributed by atoms with van der Waals surface area (Å²) in [7, 11) is 2.18. The molecule has 3 atom stereocenters. The lowest BCUT2D eigenvalue weighted by molar-refractivity contribution is -0.138. The number of H-pyrrole nitrogens is 1. The van der Waals surface area contributed by atoms with E-state index >= 15 is 0 Å². The second-order valence-electron chi connectivity index (χ2n) is 9.62. The fraction of sp³-hybridized carbons (Fsp3) is 0.417. The summed E-state index contributed by atoms with van der Waals surface area (Å²) in [6.07, 6.45) is 7.21. The number of benzene rings is 1. The van der Waals surface area contributed by atoms with E-state index in [0.29, 0.717) is 18.0 Å². The van der Waals surface area contributed by atoms with Gasteiger partial charge in [-0.05, 0) is 56.5 Å². The zero-order valence-electron chi connectivity index (χ0n) is 18.4. The molecule has 33 heavy (non-hydrogen) atoms. The number of carbonyl (C=O) groups excluding carboxylic acids is 1. The van der Waals surface area contributed by atoms with Gasteiger partial charge in [0.25, 0.3) is 0 Å². The maximum Gasteiger partial charge on any atom is 0.226 e. The van der Waals surface area contributed by atoms with Crippen LogP contribution >= 0.6 is 11.3 Å². The topological polar surface area (TPSA) is 90.0 Å². The number of piperazine rings is 1. The number of carbonyl (C=O) groups is 1. The van der Waals surface area contributed by atoms with Crippen molar-refractivity contribution < 1.29 is 4.79 Å². The zero-order chi connectivity index (χ0) is 22.1. The predicted molar refractivity (Wildman–Crippen MR) is 129 cm³/mol. The van der Waals surface area contributed by atoms with Crippen LogP contribution in [0, 0.1) is 5.92 Å². The number of nitrogens with zero attached hydrogens (tertiary/aromatic N) is 5. The molecule has 1 aromatic carbocycles. The van der Waals surface area contributed by atoms with Gasteiger partial charge in [-0.2, -0.15) is 5.10 Å². The van der Waals surface area contributed by atoms with E-state index in [9.17, 15) is 4.79 Å². The third kappa shape index (κ3) is 3.06. The van der Waals surface area contributed by atoms with Gasteiger partial charge in [0.05, 0.1) is 17.1 Å². The molecule has 3 aliphatic rings. The molecule has 2 fully saturated rings. The highest BCUT2D eigenvalue weighted by Gasteiger charge is 2.45. The van der Waals surface area contributed by atoms with Crippen LogP contribution in [0.2, 0.25) is 0 Å². The summed E-state index contributed by atoms with van der Waals surface area (Å²) >= 11 is 1.72. The van der Waals surface area contributed by atoms with Crippen LogP contribution in [0.5, 0.6) is 0 Å². The number of hydrogen-bond acceptors (Lipinski definition) is 7. The molecule has 4 aromatic rings. The third-order valence-corrected chi connectivity index (χ3v) is 8.86. The standard InChI is InChI=1S/C24H25N7OS/c1-30-10-17-8-16(30)11-31(17)24(32)13-2-4-18-20(7-13)33-23-21(18)22(25-12-26-23)28-15-3-5-19-14(6-15)9-27-29-19/h3,5-6,9,12-13,16-17H,2,4,7-8,10-11H2,1H3,(H,27,29)(H,25,26,28). The van der Waals surface area contributed by atoms with Gasteiger partial charge in [0, 0.05) is 47.0 Å². The minimum absolute atomic E-state index is 0.0862. The first-order valence-corrected chi connectivity index (χ1v) is 12.4. The summed E-state index contributed by atoms with van der Waals surface area (Å²) in [5.74, 6) is 1.28. The van der Waals surface area contributed by atoms with Crippen LogP contribution in [0.25, 0.3) is 21.1 Å². The fourth-order valence-electron chi connectivity index (χ4n) is 5.94. The van der Waals surface area contributed by atoms with Crippen LogP contribution in [0.4, 0.5) is 11.5 Å². The van der Waals surface area contributed by atoms with Gasteiger partial charge in [0.15, 0.2) is 0 Å². The van der Waals surface area contributed by atoms with E-state index < -0.39 is 0 Å².